The van der Waals surface area contributed by atoms with E-state index in [1.807, 2.05) is 0 Å². The van der Waals surface area contributed by atoms with Gasteiger partial charge in [-0.05, 0) is 36.4 Å². The minimum atomic E-state index is -4.24. The number of hydrogen-bond acceptors (Lipinski definition) is 5. The topological polar surface area (TPSA) is 101 Å². The predicted molar refractivity (Wildman–Crippen MR) is 127 cm³/mol. The Kier molecular flexibility index (Phi) is 7.03. The average Bonchev–Trinajstić information content (AvgIpc) is 2.82. The standard InChI is InChI=1S/C23H16BrF3N4O3S/c24-13-4-6-16(23(32)30-20(12-25)15-7-5-14(26)11-17(15)27)19(10-13)31-35(33,34)21-3-1-2-18-22(21)29-9-8-28-18/h1-11,20,31H,12H2,(H,30,32)/t20-/m1/s1. The van der Waals surface area contributed by atoms with Gasteiger partial charge in [-0.2, -0.15) is 0 Å². The fourth-order valence-corrected chi connectivity index (χ4v) is 5.00. The number of anilines is 1. The molecular weight excluding hydrogens is 549 g/mol. The van der Waals surface area contributed by atoms with Crippen LogP contribution in [0.1, 0.15) is 22.0 Å². The fraction of sp³-hybridized carbons (Fsp3) is 0.0870. The Balaban J connectivity index is 1.68. The van der Waals surface area contributed by atoms with Crippen molar-refractivity contribution < 1.29 is 26.4 Å². The molecule has 0 spiro atoms. The van der Waals surface area contributed by atoms with E-state index in [-0.39, 0.29) is 27.2 Å². The van der Waals surface area contributed by atoms with Crippen molar-refractivity contribution in [3.05, 3.63) is 94.2 Å². The van der Waals surface area contributed by atoms with Gasteiger partial charge in [0.05, 0.1) is 22.8 Å². The Morgan fingerprint density at radius 2 is 1.80 bits per heavy atom. The van der Waals surface area contributed by atoms with Crippen LogP contribution in [0.5, 0.6) is 0 Å². The number of carbonyl (C=O) groups is 1. The average molecular weight is 565 g/mol. The molecule has 35 heavy (non-hydrogen) atoms. The summed E-state index contributed by atoms with van der Waals surface area (Å²) in [6, 6.07) is 9.73. The molecular formula is C23H16BrF3N4O3S. The van der Waals surface area contributed by atoms with E-state index in [1.165, 1.54) is 42.7 Å². The first-order chi connectivity index (χ1) is 16.7. The Labute approximate surface area is 206 Å². The highest BCUT2D eigenvalue weighted by Crippen LogP contribution is 2.28. The van der Waals surface area contributed by atoms with Crippen LogP contribution in [-0.4, -0.2) is 31.0 Å². The molecule has 0 radical (unpaired) electrons. The van der Waals surface area contributed by atoms with Crippen LogP contribution in [0.2, 0.25) is 0 Å². The lowest BCUT2D eigenvalue weighted by atomic mass is 10.1. The number of benzene rings is 3. The van der Waals surface area contributed by atoms with Crippen LogP contribution < -0.4 is 10.0 Å². The first kappa shape index (κ1) is 24.6. The molecule has 7 nitrogen and oxygen atoms in total. The van der Waals surface area contributed by atoms with E-state index >= 15 is 0 Å². The van der Waals surface area contributed by atoms with Crippen molar-refractivity contribution in [1.82, 2.24) is 15.3 Å². The minimum Gasteiger partial charge on any atom is -0.342 e. The summed E-state index contributed by atoms with van der Waals surface area (Å²) in [6.07, 6.45) is 2.78. The highest BCUT2D eigenvalue weighted by molar-refractivity contribution is 9.10. The molecule has 4 aromatic rings. The quantitative estimate of drug-likeness (QED) is 0.332. The van der Waals surface area contributed by atoms with E-state index in [1.54, 1.807) is 6.07 Å². The number of sulfonamides is 1. The van der Waals surface area contributed by atoms with Gasteiger partial charge >= 0.3 is 0 Å². The molecule has 0 saturated heterocycles. The lowest BCUT2D eigenvalue weighted by molar-refractivity contribution is 0.0930. The van der Waals surface area contributed by atoms with E-state index < -0.39 is 40.3 Å². The molecule has 0 aliphatic carbocycles. The Bertz CT molecular complexity index is 1530. The molecule has 0 aliphatic heterocycles. The van der Waals surface area contributed by atoms with E-state index in [0.717, 1.165) is 12.1 Å². The molecule has 0 unspecified atom stereocenters. The lowest BCUT2D eigenvalue weighted by Gasteiger charge is -2.19. The number of carbonyl (C=O) groups excluding carboxylic acids is 1. The van der Waals surface area contributed by atoms with Gasteiger partial charge in [-0.3, -0.25) is 19.5 Å². The molecule has 0 aliphatic rings. The highest BCUT2D eigenvalue weighted by atomic mass is 79.9. The van der Waals surface area contributed by atoms with Crippen molar-refractivity contribution in [2.75, 3.05) is 11.4 Å². The second-order valence-electron chi connectivity index (χ2n) is 7.32. The number of nitrogens with one attached hydrogen (secondary N) is 2. The number of alkyl halides is 1. The Hall–Kier alpha value is -3.51. The smallest absolute Gasteiger partial charge is 0.264 e. The lowest BCUT2D eigenvalue weighted by Crippen LogP contribution is -2.31. The van der Waals surface area contributed by atoms with Gasteiger partial charge in [-0.15, -0.1) is 0 Å². The first-order valence-corrected chi connectivity index (χ1v) is 12.3. The number of hydrogen-bond donors (Lipinski definition) is 2. The van der Waals surface area contributed by atoms with Crippen LogP contribution >= 0.6 is 15.9 Å². The molecule has 3 aromatic carbocycles. The molecule has 1 atom stereocenters. The van der Waals surface area contributed by atoms with E-state index in [4.69, 9.17) is 0 Å². The van der Waals surface area contributed by atoms with Crippen molar-refractivity contribution in [3.63, 3.8) is 0 Å². The summed E-state index contributed by atoms with van der Waals surface area (Å²) in [7, 11) is -4.24. The predicted octanol–water partition coefficient (Wildman–Crippen LogP) is 4.91. The van der Waals surface area contributed by atoms with Crippen LogP contribution in [0.15, 0.2) is 76.4 Å². The van der Waals surface area contributed by atoms with E-state index in [9.17, 15) is 26.4 Å². The van der Waals surface area contributed by atoms with Crippen LogP contribution in [0, 0.1) is 11.6 Å². The van der Waals surface area contributed by atoms with Crippen molar-refractivity contribution in [3.8, 4) is 0 Å². The fourth-order valence-electron chi connectivity index (χ4n) is 3.40. The molecule has 12 heteroatoms. The minimum absolute atomic E-state index is 0.116. The maximum atomic E-state index is 14.1. The van der Waals surface area contributed by atoms with Crippen molar-refractivity contribution >= 4 is 48.6 Å². The highest BCUT2D eigenvalue weighted by Gasteiger charge is 2.24. The Morgan fingerprint density at radius 1 is 1.03 bits per heavy atom. The summed E-state index contributed by atoms with van der Waals surface area (Å²) in [5.74, 6) is -2.75. The molecule has 0 saturated carbocycles. The molecule has 2 N–H and O–H groups in total. The second kappa shape index (κ2) is 10.0. The summed E-state index contributed by atoms with van der Waals surface area (Å²) < 4.78 is 70.3. The number of nitrogens with zero attached hydrogens (tertiary/aromatic N) is 2. The van der Waals surface area contributed by atoms with Gasteiger partial charge in [0, 0.05) is 28.5 Å². The molecule has 0 bridgehead atoms. The zero-order chi connectivity index (χ0) is 25.2. The van der Waals surface area contributed by atoms with Gasteiger partial charge in [0.1, 0.15) is 28.7 Å². The third-order valence-electron chi connectivity index (χ3n) is 5.02. The summed E-state index contributed by atoms with van der Waals surface area (Å²) in [5, 5.41) is 2.33. The van der Waals surface area contributed by atoms with Gasteiger partial charge in [0.15, 0.2) is 0 Å². The Morgan fingerprint density at radius 3 is 2.54 bits per heavy atom. The van der Waals surface area contributed by atoms with Gasteiger partial charge in [-0.1, -0.05) is 28.1 Å². The SMILES string of the molecule is O=C(N[C@H](CF)c1ccc(F)cc1F)c1ccc(Br)cc1NS(=O)(=O)c1cccc2nccnc12. The van der Waals surface area contributed by atoms with Crippen molar-refractivity contribution in [2.24, 2.45) is 0 Å². The second-order valence-corrected chi connectivity index (χ2v) is 9.89. The maximum absolute atomic E-state index is 14.1. The van der Waals surface area contributed by atoms with Crippen LogP contribution in [-0.2, 0) is 10.0 Å². The summed E-state index contributed by atoms with van der Waals surface area (Å²) in [6.45, 7) is -1.18. The van der Waals surface area contributed by atoms with Gasteiger partial charge in [0.25, 0.3) is 15.9 Å². The monoisotopic (exact) mass is 564 g/mol. The largest absolute Gasteiger partial charge is 0.342 e. The van der Waals surface area contributed by atoms with Crippen LogP contribution in [0.4, 0.5) is 18.9 Å². The van der Waals surface area contributed by atoms with E-state index in [2.05, 4.69) is 35.9 Å². The number of para-hydroxylation sites is 1. The van der Waals surface area contributed by atoms with Crippen molar-refractivity contribution in [2.45, 2.75) is 10.9 Å². The first-order valence-electron chi connectivity index (χ1n) is 10.0. The molecule has 1 aromatic heterocycles. The van der Waals surface area contributed by atoms with Crippen LogP contribution in [0.25, 0.3) is 11.0 Å². The molecule has 180 valence electrons. The third kappa shape index (κ3) is 5.28. The molecule has 0 fully saturated rings. The zero-order valence-electron chi connectivity index (χ0n) is 17.7. The summed E-state index contributed by atoms with van der Waals surface area (Å²) >= 11 is 3.23. The van der Waals surface area contributed by atoms with Gasteiger partial charge < -0.3 is 5.32 Å². The number of amides is 1. The van der Waals surface area contributed by atoms with Gasteiger partial charge in [0.2, 0.25) is 0 Å². The van der Waals surface area contributed by atoms with Crippen molar-refractivity contribution in [1.29, 1.82) is 0 Å². The maximum Gasteiger partial charge on any atom is 0.264 e. The van der Waals surface area contributed by atoms with E-state index in [0.29, 0.717) is 16.1 Å². The van der Waals surface area contributed by atoms with Crippen LogP contribution in [0.3, 0.4) is 0 Å². The molecule has 1 amide bonds. The molecule has 1 heterocycles. The normalized spacial score (nSPS) is 12.3. The summed E-state index contributed by atoms with van der Waals surface area (Å²) in [4.78, 5) is 21.0. The number of rotatable bonds is 7. The third-order valence-corrected chi connectivity index (χ3v) is 6.91. The zero-order valence-corrected chi connectivity index (χ0v) is 20.1. The number of fused-ring (bicyclic) bond motifs is 1. The van der Waals surface area contributed by atoms with Gasteiger partial charge in [-0.25, -0.2) is 21.6 Å². The molecule has 4 rings (SSSR count). The number of halogens is 4. The number of aromatic nitrogens is 2. The summed E-state index contributed by atoms with van der Waals surface area (Å²) in [5.41, 5.74) is -0.0303.